The van der Waals surface area contributed by atoms with Gasteiger partial charge in [0.05, 0.1) is 19.3 Å². The van der Waals surface area contributed by atoms with Crippen LogP contribution in [-0.4, -0.2) is 54.3 Å². The summed E-state index contributed by atoms with van der Waals surface area (Å²) in [4.78, 5) is 2.22. The Hall–Kier alpha value is 0.360. The molecule has 0 aromatic carbocycles. The van der Waals surface area contributed by atoms with E-state index in [0.717, 1.165) is 32.8 Å². The minimum Gasteiger partial charge on any atom is -0.391 e. The number of morpholine rings is 1. The molecule has 0 bridgehead atoms. The lowest BCUT2D eigenvalue weighted by atomic mass is 10.3. The van der Waals surface area contributed by atoms with Gasteiger partial charge in [0.2, 0.25) is 0 Å². The van der Waals surface area contributed by atoms with Gasteiger partial charge in [0.25, 0.3) is 0 Å². The van der Waals surface area contributed by atoms with E-state index in [1.165, 1.54) is 0 Å². The van der Waals surface area contributed by atoms with Gasteiger partial charge in [-0.25, -0.2) is 0 Å². The summed E-state index contributed by atoms with van der Waals surface area (Å²) in [5.74, 6) is 0. The van der Waals surface area contributed by atoms with E-state index in [4.69, 9.17) is 4.74 Å². The first-order chi connectivity index (χ1) is 5.33. The monoisotopic (exact) mass is 223 g/mol. The fraction of sp³-hybridized carbons (Fsp3) is 1.00. The molecule has 1 saturated heterocycles. The predicted molar refractivity (Wildman–Crippen MR) is 47.1 cm³/mol. The summed E-state index contributed by atoms with van der Waals surface area (Å²) in [5.41, 5.74) is 0. The molecule has 0 aromatic rings. The molecule has 0 radical (unpaired) electrons. The number of hydrogen-bond donors (Lipinski definition) is 1. The molecule has 0 saturated carbocycles. The van der Waals surface area contributed by atoms with Crippen LogP contribution in [0.5, 0.6) is 0 Å². The Morgan fingerprint density at radius 1 is 1.45 bits per heavy atom. The molecule has 1 heterocycles. The number of hydrogen-bond acceptors (Lipinski definition) is 3. The summed E-state index contributed by atoms with van der Waals surface area (Å²) in [6.45, 7) is 4.26. The Bertz CT molecular complexity index is 107. The van der Waals surface area contributed by atoms with Crippen molar-refractivity contribution in [2.45, 2.75) is 6.10 Å². The van der Waals surface area contributed by atoms with E-state index < -0.39 is 0 Å². The Morgan fingerprint density at radius 2 is 2.09 bits per heavy atom. The molecule has 0 aliphatic carbocycles. The Kier molecular flexibility index (Phi) is 4.37. The number of rotatable bonds is 3. The standard InChI is InChI=1S/C7H14BrNO2/c8-5-7(10)6-9-1-3-11-4-2-9/h7,10H,1-6H2. The van der Waals surface area contributed by atoms with Crippen LogP contribution < -0.4 is 0 Å². The van der Waals surface area contributed by atoms with Crippen molar-refractivity contribution in [3.8, 4) is 0 Å². The predicted octanol–water partition coefficient (Wildman–Crippen LogP) is 0.0744. The normalized spacial score (nSPS) is 23.5. The molecule has 1 atom stereocenters. The summed E-state index contributed by atoms with van der Waals surface area (Å²) < 4.78 is 5.18. The molecule has 0 amide bonds. The highest BCUT2D eigenvalue weighted by atomic mass is 79.9. The second-order valence-electron chi connectivity index (χ2n) is 2.72. The Balaban J connectivity index is 2.13. The van der Waals surface area contributed by atoms with E-state index in [2.05, 4.69) is 20.8 Å². The van der Waals surface area contributed by atoms with Gasteiger partial charge in [0, 0.05) is 25.0 Å². The average molecular weight is 224 g/mol. The molecule has 1 unspecified atom stereocenters. The van der Waals surface area contributed by atoms with E-state index in [9.17, 15) is 5.11 Å². The summed E-state index contributed by atoms with van der Waals surface area (Å²) in [7, 11) is 0. The van der Waals surface area contributed by atoms with E-state index in [1.807, 2.05) is 0 Å². The smallest absolute Gasteiger partial charge is 0.0763 e. The van der Waals surface area contributed by atoms with Crippen molar-refractivity contribution in [3.63, 3.8) is 0 Å². The van der Waals surface area contributed by atoms with E-state index >= 15 is 0 Å². The van der Waals surface area contributed by atoms with Crippen LogP contribution in [0.3, 0.4) is 0 Å². The number of aliphatic hydroxyl groups is 1. The second-order valence-corrected chi connectivity index (χ2v) is 3.37. The van der Waals surface area contributed by atoms with Crippen molar-refractivity contribution >= 4 is 15.9 Å². The Labute approximate surface area is 75.5 Å². The van der Waals surface area contributed by atoms with Gasteiger partial charge in [-0.2, -0.15) is 0 Å². The van der Waals surface area contributed by atoms with Crippen molar-refractivity contribution in [2.75, 3.05) is 38.2 Å². The van der Waals surface area contributed by atoms with Crippen molar-refractivity contribution in [1.82, 2.24) is 4.90 Å². The fourth-order valence-corrected chi connectivity index (χ4v) is 1.34. The van der Waals surface area contributed by atoms with Gasteiger partial charge in [-0.3, -0.25) is 4.90 Å². The summed E-state index contributed by atoms with van der Waals surface area (Å²) in [5, 5.41) is 9.94. The van der Waals surface area contributed by atoms with E-state index in [-0.39, 0.29) is 6.10 Å². The lowest BCUT2D eigenvalue weighted by Gasteiger charge is -2.27. The van der Waals surface area contributed by atoms with Crippen LogP contribution in [0.2, 0.25) is 0 Å². The first-order valence-electron chi connectivity index (χ1n) is 3.87. The molecule has 1 fully saturated rings. The molecule has 66 valence electrons. The SMILES string of the molecule is OC(CBr)CN1CCOCC1. The number of ether oxygens (including phenoxy) is 1. The van der Waals surface area contributed by atoms with Crippen LogP contribution in [0.4, 0.5) is 0 Å². The van der Waals surface area contributed by atoms with Gasteiger partial charge in [0.1, 0.15) is 0 Å². The third-order valence-electron chi connectivity index (χ3n) is 1.75. The second kappa shape index (κ2) is 5.09. The van der Waals surface area contributed by atoms with Gasteiger partial charge in [-0.05, 0) is 0 Å². The molecule has 1 aliphatic rings. The molecule has 0 aromatic heterocycles. The van der Waals surface area contributed by atoms with Crippen molar-refractivity contribution in [2.24, 2.45) is 0 Å². The average Bonchev–Trinajstić information content (AvgIpc) is 2.06. The van der Waals surface area contributed by atoms with Crippen LogP contribution in [0.1, 0.15) is 0 Å². The summed E-state index contributed by atoms with van der Waals surface area (Å²) in [6, 6.07) is 0. The molecular formula is C7H14BrNO2. The third-order valence-corrected chi connectivity index (χ3v) is 2.50. The molecule has 4 heteroatoms. The molecule has 1 rings (SSSR count). The van der Waals surface area contributed by atoms with Crippen LogP contribution in [-0.2, 0) is 4.74 Å². The number of nitrogens with zero attached hydrogens (tertiary/aromatic N) is 1. The van der Waals surface area contributed by atoms with Crippen molar-refractivity contribution in [3.05, 3.63) is 0 Å². The van der Waals surface area contributed by atoms with Crippen molar-refractivity contribution in [1.29, 1.82) is 0 Å². The quantitative estimate of drug-likeness (QED) is 0.689. The highest BCUT2D eigenvalue weighted by molar-refractivity contribution is 9.09. The third kappa shape index (κ3) is 3.51. The highest BCUT2D eigenvalue weighted by Gasteiger charge is 2.13. The molecule has 0 spiro atoms. The van der Waals surface area contributed by atoms with Gasteiger partial charge in [-0.1, -0.05) is 15.9 Å². The van der Waals surface area contributed by atoms with Gasteiger partial charge < -0.3 is 9.84 Å². The maximum absolute atomic E-state index is 9.28. The van der Waals surface area contributed by atoms with Crippen LogP contribution in [0.15, 0.2) is 0 Å². The lowest BCUT2D eigenvalue weighted by molar-refractivity contribution is 0.0190. The molecule has 3 nitrogen and oxygen atoms in total. The summed E-state index contributed by atoms with van der Waals surface area (Å²) in [6.07, 6.45) is -0.243. The fourth-order valence-electron chi connectivity index (χ4n) is 1.13. The topological polar surface area (TPSA) is 32.7 Å². The first-order valence-corrected chi connectivity index (χ1v) is 4.99. The van der Waals surface area contributed by atoms with Crippen LogP contribution >= 0.6 is 15.9 Å². The number of aliphatic hydroxyl groups excluding tert-OH is 1. The zero-order valence-electron chi connectivity index (χ0n) is 6.50. The first kappa shape index (κ1) is 9.45. The maximum atomic E-state index is 9.28. The minimum absolute atomic E-state index is 0.243. The van der Waals surface area contributed by atoms with Gasteiger partial charge in [0.15, 0.2) is 0 Å². The van der Waals surface area contributed by atoms with Crippen LogP contribution in [0, 0.1) is 0 Å². The molecule has 1 aliphatic heterocycles. The number of β-amino-alcohol motifs (C(OH)–C–C–N with tert-alkyl or cyclic N) is 1. The largest absolute Gasteiger partial charge is 0.391 e. The summed E-state index contributed by atoms with van der Waals surface area (Å²) >= 11 is 3.23. The molecule has 11 heavy (non-hydrogen) atoms. The maximum Gasteiger partial charge on any atom is 0.0763 e. The lowest BCUT2D eigenvalue weighted by Crippen LogP contribution is -2.41. The van der Waals surface area contributed by atoms with Crippen LogP contribution in [0.25, 0.3) is 0 Å². The highest BCUT2D eigenvalue weighted by Crippen LogP contribution is 1.99. The minimum atomic E-state index is -0.243. The molecule has 1 N–H and O–H groups in total. The zero-order valence-corrected chi connectivity index (χ0v) is 8.09. The van der Waals surface area contributed by atoms with E-state index in [0.29, 0.717) is 5.33 Å². The zero-order chi connectivity index (χ0) is 8.10. The molecular weight excluding hydrogens is 210 g/mol. The van der Waals surface area contributed by atoms with E-state index in [1.54, 1.807) is 0 Å². The number of halogens is 1. The van der Waals surface area contributed by atoms with Gasteiger partial charge >= 0.3 is 0 Å². The number of alkyl halides is 1. The Morgan fingerprint density at radius 3 is 2.64 bits per heavy atom. The van der Waals surface area contributed by atoms with Crippen molar-refractivity contribution < 1.29 is 9.84 Å². The van der Waals surface area contributed by atoms with Gasteiger partial charge in [-0.15, -0.1) is 0 Å².